The summed E-state index contributed by atoms with van der Waals surface area (Å²) in [7, 11) is 0. The first kappa shape index (κ1) is 16.0. The normalized spacial score (nSPS) is 13.7. The molecule has 3 N–H and O–H groups in total. The van der Waals surface area contributed by atoms with Crippen molar-refractivity contribution in [1.29, 1.82) is 0 Å². The van der Waals surface area contributed by atoms with E-state index in [9.17, 15) is 9.90 Å². The molecule has 0 aliphatic carbocycles. The topological polar surface area (TPSA) is 65.1 Å². The van der Waals surface area contributed by atoms with Gasteiger partial charge in [-0.25, -0.2) is 0 Å². The van der Waals surface area contributed by atoms with Gasteiger partial charge in [0, 0.05) is 32.7 Å². The van der Waals surface area contributed by atoms with Crippen LogP contribution in [-0.4, -0.2) is 21.7 Å². The van der Waals surface area contributed by atoms with Crippen molar-refractivity contribution < 1.29 is 9.90 Å². The van der Waals surface area contributed by atoms with Crippen LogP contribution in [0.4, 0.5) is 0 Å². The molecule has 0 spiro atoms. The maximum absolute atomic E-state index is 12.3. The predicted molar refractivity (Wildman–Crippen MR) is 99.3 cm³/mol. The molecule has 118 valence electrons. The SMILES string of the molecule is C[C@@](O)(Cc1c[nH]c2ccccc12)NC(=O)c1cccc(I)c1. The summed E-state index contributed by atoms with van der Waals surface area (Å²) in [6, 6.07) is 15.2. The van der Waals surface area contributed by atoms with E-state index in [2.05, 4.69) is 32.9 Å². The first-order valence-electron chi connectivity index (χ1n) is 7.30. The molecule has 0 saturated carbocycles. The smallest absolute Gasteiger partial charge is 0.253 e. The zero-order valence-corrected chi connectivity index (χ0v) is 14.8. The molecule has 0 aliphatic rings. The number of para-hydroxylation sites is 1. The Bertz CT molecular complexity index is 855. The number of carbonyl (C=O) groups is 1. The molecule has 5 heteroatoms. The highest BCUT2D eigenvalue weighted by molar-refractivity contribution is 14.1. The number of aromatic nitrogens is 1. The molecule has 1 atom stereocenters. The summed E-state index contributed by atoms with van der Waals surface area (Å²) < 4.78 is 0.978. The number of nitrogens with one attached hydrogen (secondary N) is 2. The lowest BCUT2D eigenvalue weighted by molar-refractivity contribution is 0.0236. The van der Waals surface area contributed by atoms with Crippen LogP contribution in [-0.2, 0) is 6.42 Å². The number of H-pyrrole nitrogens is 1. The van der Waals surface area contributed by atoms with Crippen molar-refractivity contribution in [3.05, 3.63) is 69.4 Å². The van der Waals surface area contributed by atoms with Crippen LogP contribution in [0, 0.1) is 3.57 Å². The molecule has 0 bridgehead atoms. The fourth-order valence-electron chi connectivity index (χ4n) is 2.64. The van der Waals surface area contributed by atoms with Crippen LogP contribution in [0.5, 0.6) is 0 Å². The molecule has 1 aromatic heterocycles. The summed E-state index contributed by atoms with van der Waals surface area (Å²) in [5, 5.41) is 14.4. The van der Waals surface area contributed by atoms with Gasteiger partial charge in [-0.15, -0.1) is 0 Å². The molecule has 0 fully saturated rings. The molecule has 0 saturated heterocycles. The zero-order chi connectivity index (χ0) is 16.4. The minimum Gasteiger partial charge on any atom is -0.371 e. The van der Waals surface area contributed by atoms with E-state index in [-0.39, 0.29) is 5.91 Å². The summed E-state index contributed by atoms with van der Waals surface area (Å²) in [5.41, 5.74) is 1.19. The van der Waals surface area contributed by atoms with Crippen molar-refractivity contribution in [3.8, 4) is 0 Å². The number of hydrogen-bond donors (Lipinski definition) is 3. The van der Waals surface area contributed by atoms with Crippen molar-refractivity contribution in [2.45, 2.75) is 19.1 Å². The molecule has 4 nitrogen and oxygen atoms in total. The average molecular weight is 420 g/mol. The Morgan fingerprint density at radius 3 is 2.83 bits per heavy atom. The maximum atomic E-state index is 12.3. The molecular formula is C18H17IN2O2. The Kier molecular flexibility index (Phi) is 4.41. The van der Waals surface area contributed by atoms with Gasteiger partial charge in [0.1, 0.15) is 5.72 Å². The number of aliphatic hydroxyl groups is 1. The van der Waals surface area contributed by atoms with E-state index < -0.39 is 5.72 Å². The van der Waals surface area contributed by atoms with E-state index in [4.69, 9.17) is 0 Å². The van der Waals surface area contributed by atoms with E-state index >= 15 is 0 Å². The van der Waals surface area contributed by atoms with Gasteiger partial charge in [-0.05, 0) is 59.3 Å². The lowest BCUT2D eigenvalue weighted by Crippen LogP contribution is -2.47. The molecule has 0 radical (unpaired) electrons. The van der Waals surface area contributed by atoms with Crippen LogP contribution in [0.3, 0.4) is 0 Å². The number of hydrogen-bond acceptors (Lipinski definition) is 2. The highest BCUT2D eigenvalue weighted by Crippen LogP contribution is 2.21. The van der Waals surface area contributed by atoms with Crippen LogP contribution in [0.1, 0.15) is 22.8 Å². The average Bonchev–Trinajstić information content (AvgIpc) is 2.89. The van der Waals surface area contributed by atoms with E-state index in [1.54, 1.807) is 19.1 Å². The lowest BCUT2D eigenvalue weighted by atomic mass is 10.0. The van der Waals surface area contributed by atoms with Crippen molar-refractivity contribution in [3.63, 3.8) is 0 Å². The largest absolute Gasteiger partial charge is 0.371 e. The molecular weight excluding hydrogens is 403 g/mol. The van der Waals surface area contributed by atoms with Crippen LogP contribution >= 0.6 is 22.6 Å². The van der Waals surface area contributed by atoms with Gasteiger partial charge in [-0.3, -0.25) is 4.79 Å². The lowest BCUT2D eigenvalue weighted by Gasteiger charge is -2.24. The third-order valence-corrected chi connectivity index (χ3v) is 4.35. The summed E-state index contributed by atoms with van der Waals surface area (Å²) >= 11 is 2.16. The van der Waals surface area contributed by atoms with Gasteiger partial charge in [0.15, 0.2) is 0 Å². The molecule has 3 rings (SSSR count). The molecule has 23 heavy (non-hydrogen) atoms. The van der Waals surface area contributed by atoms with Crippen LogP contribution in [0.2, 0.25) is 0 Å². The minimum atomic E-state index is -1.33. The molecule has 1 amide bonds. The van der Waals surface area contributed by atoms with Crippen LogP contribution in [0.15, 0.2) is 54.7 Å². The number of aromatic amines is 1. The number of benzene rings is 2. The number of amides is 1. The summed E-state index contributed by atoms with van der Waals surface area (Å²) in [6.07, 6.45) is 2.20. The highest BCUT2D eigenvalue weighted by Gasteiger charge is 2.25. The molecule has 3 aromatic rings. The number of carbonyl (C=O) groups excluding carboxylic acids is 1. The first-order valence-corrected chi connectivity index (χ1v) is 8.38. The first-order chi connectivity index (χ1) is 10.9. The minimum absolute atomic E-state index is 0.284. The third-order valence-electron chi connectivity index (χ3n) is 3.68. The van der Waals surface area contributed by atoms with Crippen molar-refractivity contribution in [2.75, 3.05) is 0 Å². The molecule has 1 heterocycles. The Morgan fingerprint density at radius 1 is 1.26 bits per heavy atom. The van der Waals surface area contributed by atoms with Gasteiger partial charge >= 0.3 is 0 Å². The van der Waals surface area contributed by atoms with E-state index in [1.165, 1.54) is 0 Å². The predicted octanol–water partition coefficient (Wildman–Crippen LogP) is 3.45. The van der Waals surface area contributed by atoms with E-state index in [1.807, 2.05) is 42.6 Å². The standard InChI is InChI=1S/C18H17IN2O2/c1-18(23,21-17(22)12-5-4-6-14(19)9-12)10-13-11-20-16-8-3-2-7-15(13)16/h2-9,11,20,23H,10H2,1H3,(H,21,22)/t18-/m1/s1. The number of halogens is 1. The second kappa shape index (κ2) is 6.33. The van der Waals surface area contributed by atoms with Crippen molar-refractivity contribution >= 4 is 39.4 Å². The summed E-state index contributed by atoms with van der Waals surface area (Å²) in [6.45, 7) is 1.61. The highest BCUT2D eigenvalue weighted by atomic mass is 127. The third kappa shape index (κ3) is 3.73. The monoisotopic (exact) mass is 420 g/mol. The zero-order valence-electron chi connectivity index (χ0n) is 12.6. The summed E-state index contributed by atoms with van der Waals surface area (Å²) in [5.74, 6) is -0.284. The maximum Gasteiger partial charge on any atom is 0.253 e. The molecule has 2 aromatic carbocycles. The van der Waals surface area contributed by atoms with Gasteiger partial charge in [-0.2, -0.15) is 0 Å². The second-order valence-corrected chi connectivity index (χ2v) is 7.02. The quantitative estimate of drug-likeness (QED) is 0.447. The van der Waals surface area contributed by atoms with E-state index in [0.29, 0.717) is 12.0 Å². The van der Waals surface area contributed by atoms with Crippen molar-refractivity contribution in [1.82, 2.24) is 10.3 Å². The fourth-order valence-corrected chi connectivity index (χ4v) is 3.18. The van der Waals surface area contributed by atoms with E-state index in [0.717, 1.165) is 20.0 Å². The Labute approximate surface area is 148 Å². The number of fused-ring (bicyclic) bond motifs is 1. The Hall–Kier alpha value is -1.86. The summed E-state index contributed by atoms with van der Waals surface area (Å²) in [4.78, 5) is 15.5. The van der Waals surface area contributed by atoms with Gasteiger partial charge in [-0.1, -0.05) is 24.3 Å². The van der Waals surface area contributed by atoms with Crippen LogP contribution in [0.25, 0.3) is 10.9 Å². The van der Waals surface area contributed by atoms with Gasteiger partial charge in [0.05, 0.1) is 0 Å². The Balaban J connectivity index is 1.77. The van der Waals surface area contributed by atoms with Gasteiger partial charge in [0.25, 0.3) is 5.91 Å². The Morgan fingerprint density at radius 2 is 2.04 bits per heavy atom. The van der Waals surface area contributed by atoms with Crippen LogP contribution < -0.4 is 5.32 Å². The van der Waals surface area contributed by atoms with Gasteiger partial charge in [0.2, 0.25) is 0 Å². The molecule has 0 unspecified atom stereocenters. The molecule has 0 aliphatic heterocycles. The fraction of sp³-hybridized carbons (Fsp3) is 0.167. The second-order valence-electron chi connectivity index (χ2n) is 5.77. The van der Waals surface area contributed by atoms with Gasteiger partial charge < -0.3 is 15.4 Å². The number of rotatable bonds is 4. The van der Waals surface area contributed by atoms with Crippen molar-refractivity contribution in [2.24, 2.45) is 0 Å².